The van der Waals surface area contributed by atoms with E-state index in [1.807, 2.05) is 24.5 Å². The summed E-state index contributed by atoms with van der Waals surface area (Å²) in [4.78, 5) is 11.7. The van der Waals surface area contributed by atoms with Gasteiger partial charge >= 0.3 is 0 Å². The van der Waals surface area contributed by atoms with Crippen LogP contribution in [0.2, 0.25) is 5.02 Å². The molecule has 1 spiro atoms. The lowest BCUT2D eigenvalue weighted by Crippen LogP contribution is -2.49. The second kappa shape index (κ2) is 7.15. The second-order valence-electron chi connectivity index (χ2n) is 8.46. The maximum Gasteiger partial charge on any atom is 0.116 e. The highest BCUT2D eigenvalue weighted by atomic mass is 35.5. The van der Waals surface area contributed by atoms with Crippen LogP contribution in [0.15, 0.2) is 48.9 Å². The number of benzene rings is 1. The molecule has 0 aliphatic carbocycles. The fourth-order valence-electron chi connectivity index (χ4n) is 4.71. The Morgan fingerprint density at radius 3 is 2.69 bits per heavy atom. The van der Waals surface area contributed by atoms with Crippen molar-refractivity contribution in [3.8, 4) is 5.69 Å². The average molecular weight is 408 g/mol. The van der Waals surface area contributed by atoms with Crippen LogP contribution in [-0.2, 0) is 12.1 Å². The fraction of sp³-hybridized carbons (Fsp3) is 0.391. The molecule has 1 saturated heterocycles. The lowest BCUT2D eigenvalue weighted by Gasteiger charge is -2.46. The van der Waals surface area contributed by atoms with Crippen molar-refractivity contribution >= 4 is 17.3 Å². The van der Waals surface area contributed by atoms with E-state index in [0.29, 0.717) is 5.92 Å². The lowest BCUT2D eigenvalue weighted by molar-refractivity contribution is 0.162. The quantitative estimate of drug-likeness (QED) is 0.666. The Kier molecular flexibility index (Phi) is 4.60. The van der Waals surface area contributed by atoms with Crippen molar-refractivity contribution in [2.45, 2.75) is 44.7 Å². The Hall–Kier alpha value is -2.37. The molecule has 5 rings (SSSR count). The first-order valence-electron chi connectivity index (χ1n) is 10.3. The third-order valence-electron chi connectivity index (χ3n) is 6.27. The molecule has 5 nitrogen and oxygen atoms in total. The summed E-state index contributed by atoms with van der Waals surface area (Å²) in [6.07, 6.45) is 7.93. The standard InChI is InChI=1S/C23H26ClN5/c1-16(2)22-26-14-21-23(27-19-13-25-10-7-20(19)29(21)22)8-11-28(12-9-23)15-17-5-3-4-6-18(17)24/h3-7,10,13-14,16,27H,8-9,11-12,15H2,1-2H3. The van der Waals surface area contributed by atoms with E-state index < -0.39 is 0 Å². The van der Waals surface area contributed by atoms with Gasteiger partial charge in [-0.05, 0) is 30.5 Å². The third-order valence-corrected chi connectivity index (χ3v) is 6.64. The predicted molar refractivity (Wildman–Crippen MR) is 117 cm³/mol. The van der Waals surface area contributed by atoms with Gasteiger partial charge in [-0.2, -0.15) is 0 Å². The fourth-order valence-corrected chi connectivity index (χ4v) is 4.90. The summed E-state index contributed by atoms with van der Waals surface area (Å²) >= 11 is 6.38. The molecule has 0 atom stereocenters. The number of piperidine rings is 1. The Balaban J connectivity index is 1.45. The van der Waals surface area contributed by atoms with Crippen LogP contribution in [-0.4, -0.2) is 32.5 Å². The summed E-state index contributed by atoms with van der Waals surface area (Å²) in [5, 5.41) is 4.69. The number of pyridine rings is 1. The van der Waals surface area contributed by atoms with Crippen molar-refractivity contribution in [1.82, 2.24) is 19.4 Å². The number of rotatable bonds is 3. The zero-order valence-corrected chi connectivity index (χ0v) is 17.7. The second-order valence-corrected chi connectivity index (χ2v) is 8.87. The maximum absolute atomic E-state index is 6.38. The molecule has 29 heavy (non-hydrogen) atoms. The number of aromatic nitrogens is 3. The molecule has 0 unspecified atom stereocenters. The number of halogens is 1. The van der Waals surface area contributed by atoms with E-state index in [9.17, 15) is 0 Å². The van der Waals surface area contributed by atoms with E-state index in [1.54, 1.807) is 0 Å². The van der Waals surface area contributed by atoms with Gasteiger partial charge in [-0.3, -0.25) is 14.5 Å². The third kappa shape index (κ3) is 3.13. The van der Waals surface area contributed by atoms with E-state index in [1.165, 1.54) is 11.3 Å². The molecule has 150 valence electrons. The monoisotopic (exact) mass is 407 g/mol. The molecular formula is C23H26ClN5. The molecule has 6 heteroatoms. The zero-order chi connectivity index (χ0) is 20.0. The SMILES string of the molecule is CC(C)c1ncc2n1-c1ccncc1NC21CCN(Cc2ccccc2Cl)CC1. The molecule has 1 aromatic carbocycles. The van der Waals surface area contributed by atoms with Crippen LogP contribution in [0, 0.1) is 0 Å². The van der Waals surface area contributed by atoms with Crippen molar-refractivity contribution in [3.63, 3.8) is 0 Å². The Labute approximate surface area is 176 Å². The molecule has 2 aromatic heterocycles. The average Bonchev–Trinajstić information content (AvgIpc) is 3.18. The van der Waals surface area contributed by atoms with Gasteiger partial charge in [0.2, 0.25) is 0 Å². The van der Waals surface area contributed by atoms with E-state index >= 15 is 0 Å². The summed E-state index contributed by atoms with van der Waals surface area (Å²) in [6, 6.07) is 10.2. The van der Waals surface area contributed by atoms with Gasteiger partial charge < -0.3 is 5.32 Å². The molecule has 4 heterocycles. The van der Waals surface area contributed by atoms with Crippen molar-refractivity contribution < 1.29 is 0 Å². The first-order valence-corrected chi connectivity index (χ1v) is 10.7. The highest BCUT2D eigenvalue weighted by Gasteiger charge is 2.43. The van der Waals surface area contributed by atoms with Gasteiger partial charge in [-0.15, -0.1) is 0 Å². The lowest BCUT2D eigenvalue weighted by atomic mass is 9.82. The van der Waals surface area contributed by atoms with Gasteiger partial charge in [0, 0.05) is 36.8 Å². The number of hydrogen-bond donors (Lipinski definition) is 1. The van der Waals surface area contributed by atoms with Crippen LogP contribution in [0.5, 0.6) is 0 Å². The van der Waals surface area contributed by atoms with Crippen molar-refractivity contribution in [1.29, 1.82) is 0 Å². The molecular weight excluding hydrogens is 382 g/mol. The van der Waals surface area contributed by atoms with Gasteiger partial charge in [0.25, 0.3) is 0 Å². The summed E-state index contributed by atoms with van der Waals surface area (Å²) in [5.74, 6) is 1.48. The molecule has 0 radical (unpaired) electrons. The van der Waals surface area contributed by atoms with Gasteiger partial charge in [0.15, 0.2) is 0 Å². The first kappa shape index (κ1) is 18.6. The number of likely N-dealkylation sites (tertiary alicyclic amines) is 1. The number of nitrogens with one attached hydrogen (secondary N) is 1. The molecule has 0 bridgehead atoms. The first-order chi connectivity index (χ1) is 14.1. The van der Waals surface area contributed by atoms with Crippen molar-refractivity contribution in [3.05, 3.63) is 71.0 Å². The minimum Gasteiger partial charge on any atom is -0.371 e. The highest BCUT2D eigenvalue weighted by molar-refractivity contribution is 6.31. The normalized spacial score (nSPS) is 17.8. The largest absolute Gasteiger partial charge is 0.371 e. The molecule has 1 N–H and O–H groups in total. The summed E-state index contributed by atoms with van der Waals surface area (Å²) in [7, 11) is 0. The van der Waals surface area contributed by atoms with Gasteiger partial charge in [0.1, 0.15) is 5.82 Å². The molecule has 3 aromatic rings. The predicted octanol–water partition coefficient (Wildman–Crippen LogP) is 4.96. The van der Waals surface area contributed by atoms with E-state index in [4.69, 9.17) is 16.6 Å². The van der Waals surface area contributed by atoms with Crippen LogP contribution in [0.25, 0.3) is 5.69 Å². The van der Waals surface area contributed by atoms with Crippen LogP contribution < -0.4 is 5.32 Å². The Morgan fingerprint density at radius 2 is 1.93 bits per heavy atom. The van der Waals surface area contributed by atoms with E-state index in [0.717, 1.165) is 54.7 Å². The number of anilines is 1. The van der Waals surface area contributed by atoms with Gasteiger partial charge in [0.05, 0.1) is 35.0 Å². The summed E-state index contributed by atoms with van der Waals surface area (Å²) < 4.78 is 2.36. The molecule has 0 saturated carbocycles. The van der Waals surface area contributed by atoms with Crippen LogP contribution in [0.1, 0.15) is 49.7 Å². The smallest absolute Gasteiger partial charge is 0.116 e. The van der Waals surface area contributed by atoms with Gasteiger partial charge in [-0.1, -0.05) is 43.6 Å². The van der Waals surface area contributed by atoms with E-state index in [2.05, 4.69) is 58.0 Å². The van der Waals surface area contributed by atoms with Crippen LogP contribution in [0.4, 0.5) is 5.69 Å². The topological polar surface area (TPSA) is 46.0 Å². The molecule has 2 aliphatic rings. The Morgan fingerprint density at radius 1 is 1.14 bits per heavy atom. The summed E-state index contributed by atoms with van der Waals surface area (Å²) in [5.41, 5.74) is 4.62. The summed E-state index contributed by atoms with van der Waals surface area (Å²) in [6.45, 7) is 7.32. The van der Waals surface area contributed by atoms with Crippen LogP contribution >= 0.6 is 11.6 Å². The molecule has 0 amide bonds. The number of hydrogen-bond acceptors (Lipinski definition) is 4. The minimum atomic E-state index is -0.104. The maximum atomic E-state index is 6.38. The van der Waals surface area contributed by atoms with Crippen molar-refractivity contribution in [2.24, 2.45) is 0 Å². The number of nitrogens with zero attached hydrogens (tertiary/aromatic N) is 4. The van der Waals surface area contributed by atoms with Crippen molar-refractivity contribution in [2.75, 3.05) is 18.4 Å². The minimum absolute atomic E-state index is 0.104. The Bertz CT molecular complexity index is 1030. The number of fused-ring (bicyclic) bond motifs is 4. The van der Waals surface area contributed by atoms with Crippen LogP contribution in [0.3, 0.4) is 0 Å². The highest BCUT2D eigenvalue weighted by Crippen LogP contribution is 2.44. The molecule has 2 aliphatic heterocycles. The zero-order valence-electron chi connectivity index (χ0n) is 16.9. The number of imidazole rings is 1. The molecule has 1 fully saturated rings. The van der Waals surface area contributed by atoms with E-state index in [-0.39, 0.29) is 5.54 Å². The van der Waals surface area contributed by atoms with Gasteiger partial charge in [-0.25, -0.2) is 4.98 Å².